The number of methoxy groups -OCH3 is 1. The number of hydrogen-bond donors (Lipinski definition) is 0. The Morgan fingerprint density at radius 2 is 1.56 bits per heavy atom. The van der Waals surface area contributed by atoms with Gasteiger partial charge in [-0.3, -0.25) is 4.90 Å². The number of hydrogen-bond acceptors (Lipinski definition) is 5. The van der Waals surface area contributed by atoms with E-state index in [2.05, 4.69) is 49.5 Å². The highest BCUT2D eigenvalue weighted by atomic mass is 28.3. The Balaban J connectivity index is 2.00. The molecule has 0 bridgehead atoms. The summed E-state index contributed by atoms with van der Waals surface area (Å²) in [5.41, 5.74) is 0.670. The summed E-state index contributed by atoms with van der Waals surface area (Å²) in [6.07, 6.45) is -0.367. The van der Waals surface area contributed by atoms with E-state index >= 15 is 0 Å². The Kier molecular flexibility index (Phi) is 6.44. The van der Waals surface area contributed by atoms with Crippen molar-refractivity contribution in [2.45, 2.75) is 52.0 Å². The summed E-state index contributed by atoms with van der Waals surface area (Å²) in [4.78, 5) is 14.7. The van der Waals surface area contributed by atoms with Crippen LogP contribution in [0.5, 0.6) is 5.75 Å². The summed E-state index contributed by atoms with van der Waals surface area (Å²) in [6.45, 7) is 13.5. The maximum absolute atomic E-state index is 12.9. The van der Waals surface area contributed by atoms with Gasteiger partial charge < -0.3 is 18.8 Å². The molecular weight excluding hydrogens is 445 g/mol. The minimum atomic E-state index is -2.37. The molecule has 8 heteroatoms. The van der Waals surface area contributed by atoms with Gasteiger partial charge in [-0.15, -0.1) is 0 Å². The summed E-state index contributed by atoms with van der Waals surface area (Å²) in [5.74, 6) is 0.778. The lowest BCUT2D eigenvalue weighted by molar-refractivity contribution is 0.00578. The molecule has 0 aliphatic carbocycles. The monoisotopic (exact) mass is 479 g/mol. The molecule has 2 saturated heterocycles. The molecule has 0 unspecified atom stereocenters. The van der Waals surface area contributed by atoms with Crippen LogP contribution in [0.25, 0.3) is 5.20 Å². The molecule has 0 spiro atoms. The van der Waals surface area contributed by atoms with E-state index in [9.17, 15) is 4.79 Å². The van der Waals surface area contributed by atoms with Crippen molar-refractivity contribution in [2.75, 3.05) is 20.3 Å². The van der Waals surface area contributed by atoms with Gasteiger partial charge in [-0.05, 0) is 50.6 Å². The molecule has 0 N–H and O–H groups in total. The summed E-state index contributed by atoms with van der Waals surface area (Å²) in [7, 11) is -1.42. The average Bonchev–Trinajstić information content (AvgIpc) is 3.31. The van der Waals surface area contributed by atoms with Gasteiger partial charge in [0.15, 0.2) is 0 Å². The van der Waals surface area contributed by atoms with Crippen LogP contribution >= 0.6 is 0 Å². The topological polar surface area (TPSA) is 57.2 Å². The lowest BCUT2D eigenvalue weighted by atomic mass is 9.81. The van der Waals surface area contributed by atoms with Crippen molar-refractivity contribution in [3.63, 3.8) is 0 Å². The maximum atomic E-state index is 12.9. The van der Waals surface area contributed by atoms with E-state index in [0.29, 0.717) is 13.2 Å². The molecule has 2 heterocycles. The summed E-state index contributed by atoms with van der Waals surface area (Å²) in [5, 5.41) is 2.33. The van der Waals surface area contributed by atoms with Gasteiger partial charge in [-0.25, -0.2) is 4.79 Å². The van der Waals surface area contributed by atoms with Gasteiger partial charge in [-0.2, -0.15) is 0 Å². The first-order chi connectivity index (χ1) is 16.0. The van der Waals surface area contributed by atoms with Crippen molar-refractivity contribution < 1.29 is 23.6 Å². The first-order valence-corrected chi connectivity index (χ1v) is 14.7. The zero-order chi connectivity index (χ0) is 24.7. The number of amides is 1. The quantitative estimate of drug-likeness (QED) is 0.565. The fourth-order valence-corrected chi connectivity index (χ4v) is 7.63. The van der Waals surface area contributed by atoms with Crippen molar-refractivity contribution in [2.24, 2.45) is 0 Å². The molecule has 0 atom stereocenters. The summed E-state index contributed by atoms with van der Waals surface area (Å²) < 4.78 is 23.9. The zero-order valence-electron chi connectivity index (χ0n) is 21.2. The molecule has 4 rings (SSSR count). The number of benzene rings is 2. The third kappa shape index (κ3) is 4.30. The molecule has 2 aliphatic heterocycles. The maximum Gasteiger partial charge on any atom is 0.512 e. The largest absolute Gasteiger partial charge is 0.512 e. The molecule has 0 saturated carbocycles. The van der Waals surface area contributed by atoms with Crippen LogP contribution in [0.4, 0.5) is 4.79 Å². The van der Waals surface area contributed by atoms with E-state index in [1.807, 2.05) is 45.9 Å². The third-order valence-electron chi connectivity index (χ3n) is 7.28. The second-order valence-corrected chi connectivity index (χ2v) is 14.7. The van der Waals surface area contributed by atoms with Gasteiger partial charge in [0, 0.05) is 0 Å². The van der Waals surface area contributed by atoms with Crippen molar-refractivity contribution in [1.29, 1.82) is 0 Å². The normalized spacial score (nSPS) is 20.3. The lowest BCUT2D eigenvalue weighted by Crippen LogP contribution is -2.48. The fraction of sp³-hybridized carbons (Fsp3) is 0.423. The minimum Gasteiger partial charge on any atom is -0.497 e. The first-order valence-electron chi connectivity index (χ1n) is 11.7. The Labute approximate surface area is 204 Å². The van der Waals surface area contributed by atoms with Crippen LogP contribution in [0.2, 0.25) is 13.1 Å². The number of ether oxygens (including phenoxy) is 2. The fourth-order valence-electron chi connectivity index (χ4n) is 4.53. The van der Waals surface area contributed by atoms with E-state index in [1.54, 1.807) is 12.0 Å². The Hall–Kier alpha value is -2.55. The van der Waals surface area contributed by atoms with Crippen molar-refractivity contribution >= 4 is 31.7 Å². The van der Waals surface area contributed by atoms with Gasteiger partial charge >= 0.3 is 13.2 Å². The molecular formula is C26H34BNO5Si. The number of carbonyl (C=O) groups is 1. The Morgan fingerprint density at radius 3 is 2.06 bits per heavy atom. The van der Waals surface area contributed by atoms with Gasteiger partial charge in [0.05, 0.1) is 30.5 Å². The Bertz CT molecular complexity index is 1070. The molecule has 180 valence electrons. The van der Waals surface area contributed by atoms with Crippen molar-refractivity contribution in [3.8, 4) is 5.75 Å². The predicted molar refractivity (Wildman–Crippen MR) is 138 cm³/mol. The molecule has 0 aromatic heterocycles. The molecule has 2 fully saturated rings. The minimum absolute atomic E-state index is 0.338. The number of cyclic esters (lactones) is 1. The van der Waals surface area contributed by atoms with Crippen molar-refractivity contribution in [3.05, 3.63) is 65.8 Å². The van der Waals surface area contributed by atoms with E-state index in [-0.39, 0.29) is 6.09 Å². The molecule has 6 nitrogen and oxygen atoms in total. The second kappa shape index (κ2) is 8.91. The smallest absolute Gasteiger partial charge is 0.497 e. The molecule has 34 heavy (non-hydrogen) atoms. The molecule has 1 amide bonds. The number of carbonyl (C=O) groups excluding carboxylic acids is 1. The summed E-state index contributed by atoms with van der Waals surface area (Å²) in [6, 6.07) is 18.5. The molecule has 2 aromatic rings. The first kappa shape index (κ1) is 24.6. The van der Waals surface area contributed by atoms with E-state index in [0.717, 1.165) is 22.1 Å². The number of rotatable bonds is 6. The molecule has 0 radical (unpaired) electrons. The zero-order valence-corrected chi connectivity index (χ0v) is 22.2. The average molecular weight is 479 g/mol. The lowest BCUT2D eigenvalue weighted by Gasteiger charge is -2.33. The van der Waals surface area contributed by atoms with Gasteiger partial charge in [0.2, 0.25) is 0 Å². The van der Waals surface area contributed by atoms with Gasteiger partial charge in [0.1, 0.15) is 20.4 Å². The highest BCUT2D eigenvalue weighted by molar-refractivity contribution is 7.05. The van der Waals surface area contributed by atoms with E-state index < -0.39 is 26.4 Å². The second-order valence-electron chi connectivity index (χ2n) is 10.3. The van der Waals surface area contributed by atoms with Crippen LogP contribution in [0.3, 0.4) is 0 Å². The SMILES string of the molecule is COc1ccc(/C(=C(/B2OC(C)(C)C(C)(C)O2)N2CCOC2=O)[Si](C)(C)c2ccccc2)cc1. The molecule has 2 aromatic carbocycles. The van der Waals surface area contributed by atoms with Crippen LogP contribution in [0, 0.1) is 0 Å². The standard InChI is InChI=1S/C26H34BNO5Si/c1-25(2)26(3,4)33-27(32-25)23(28-17-18-31-24(28)29)22(19-13-15-20(30-5)16-14-19)34(6,7)21-11-9-8-10-12-21/h8-16H,17-18H2,1-7H3/b23-22+. The van der Waals surface area contributed by atoms with Gasteiger partial charge in [-0.1, -0.05) is 60.7 Å². The highest BCUT2D eigenvalue weighted by Gasteiger charge is 2.56. The third-order valence-corrected chi connectivity index (χ3v) is 10.9. The van der Waals surface area contributed by atoms with E-state index in [4.69, 9.17) is 18.8 Å². The van der Waals surface area contributed by atoms with Gasteiger partial charge in [0.25, 0.3) is 0 Å². The van der Waals surface area contributed by atoms with Crippen molar-refractivity contribution in [1.82, 2.24) is 4.90 Å². The van der Waals surface area contributed by atoms with Crippen LogP contribution in [-0.2, 0) is 14.0 Å². The van der Waals surface area contributed by atoms with Crippen LogP contribution < -0.4 is 9.92 Å². The molecule has 2 aliphatic rings. The predicted octanol–water partition coefficient (Wildman–Crippen LogP) is 4.64. The van der Waals surface area contributed by atoms with E-state index in [1.165, 1.54) is 5.19 Å². The van der Waals surface area contributed by atoms with Crippen LogP contribution in [-0.4, -0.2) is 57.6 Å². The Morgan fingerprint density at radius 1 is 0.971 bits per heavy atom. The van der Waals surface area contributed by atoms with Crippen LogP contribution in [0.1, 0.15) is 33.3 Å². The summed E-state index contributed by atoms with van der Waals surface area (Å²) >= 11 is 0. The van der Waals surface area contributed by atoms with Crippen LogP contribution in [0.15, 0.2) is 60.2 Å². The highest BCUT2D eigenvalue weighted by Crippen LogP contribution is 2.43. The number of nitrogens with zero attached hydrogens (tertiary/aromatic N) is 1.